The molecule has 24 heavy (non-hydrogen) atoms. The van der Waals surface area contributed by atoms with Crippen molar-refractivity contribution in [1.82, 2.24) is 15.2 Å². The summed E-state index contributed by atoms with van der Waals surface area (Å²) in [5.41, 5.74) is 1.56. The van der Waals surface area contributed by atoms with Crippen molar-refractivity contribution < 1.29 is 4.79 Å². The number of carbonyl (C=O) groups excluding carboxylic acids is 1. The van der Waals surface area contributed by atoms with Gasteiger partial charge >= 0.3 is 6.03 Å². The standard InChI is InChI=1S/C18H28N4OS/c23-16(22-12-8-18(14-22)6-1-2-7-18)19-9-5-15-13-24-17(20-15)21-10-3-4-11-21/h13H,1-12,14H2,(H,19,23). The van der Waals surface area contributed by atoms with Crippen LogP contribution in [-0.4, -0.2) is 48.6 Å². The first-order valence-electron chi connectivity index (χ1n) is 9.46. The molecule has 2 saturated heterocycles. The summed E-state index contributed by atoms with van der Waals surface area (Å²) in [4.78, 5) is 21.5. The highest BCUT2D eigenvalue weighted by Gasteiger charge is 2.41. The van der Waals surface area contributed by atoms with E-state index in [9.17, 15) is 4.79 Å². The third kappa shape index (κ3) is 3.39. The number of carbonyl (C=O) groups is 1. The van der Waals surface area contributed by atoms with E-state index in [1.54, 1.807) is 11.3 Å². The fourth-order valence-electron chi connectivity index (χ4n) is 4.52. The summed E-state index contributed by atoms with van der Waals surface area (Å²) in [5.74, 6) is 0. The summed E-state index contributed by atoms with van der Waals surface area (Å²) in [6, 6.07) is 0.119. The van der Waals surface area contributed by atoms with E-state index in [1.807, 2.05) is 4.90 Å². The van der Waals surface area contributed by atoms with Gasteiger partial charge in [-0.15, -0.1) is 11.3 Å². The van der Waals surface area contributed by atoms with Crippen molar-refractivity contribution in [1.29, 1.82) is 0 Å². The van der Waals surface area contributed by atoms with Gasteiger partial charge in [-0.25, -0.2) is 9.78 Å². The van der Waals surface area contributed by atoms with Gasteiger partial charge in [-0.2, -0.15) is 0 Å². The minimum absolute atomic E-state index is 0.119. The van der Waals surface area contributed by atoms with Crippen molar-refractivity contribution in [2.75, 3.05) is 37.6 Å². The van der Waals surface area contributed by atoms with Crippen molar-refractivity contribution in [3.63, 3.8) is 0 Å². The second-order valence-electron chi connectivity index (χ2n) is 7.68. The fraction of sp³-hybridized carbons (Fsp3) is 0.778. The van der Waals surface area contributed by atoms with Crippen molar-refractivity contribution in [3.8, 4) is 0 Å². The molecular weight excluding hydrogens is 320 g/mol. The highest BCUT2D eigenvalue weighted by molar-refractivity contribution is 7.13. The Kier molecular flexibility index (Phi) is 4.66. The number of nitrogens with zero attached hydrogens (tertiary/aromatic N) is 3. The average Bonchev–Trinajstić information content (AvgIpc) is 3.37. The first-order chi connectivity index (χ1) is 11.7. The van der Waals surface area contributed by atoms with E-state index in [0.717, 1.165) is 43.4 Å². The number of likely N-dealkylation sites (tertiary alicyclic amines) is 1. The van der Waals surface area contributed by atoms with Gasteiger partial charge in [0.2, 0.25) is 0 Å². The summed E-state index contributed by atoms with van der Waals surface area (Å²) in [6.07, 6.45) is 9.91. The Hall–Kier alpha value is -1.30. The molecule has 1 N–H and O–H groups in total. The molecule has 3 heterocycles. The minimum atomic E-state index is 0.119. The molecule has 1 spiro atoms. The van der Waals surface area contributed by atoms with Crippen molar-refractivity contribution in [2.45, 2.75) is 51.4 Å². The molecule has 132 valence electrons. The van der Waals surface area contributed by atoms with Crippen LogP contribution < -0.4 is 10.2 Å². The highest BCUT2D eigenvalue weighted by atomic mass is 32.1. The Labute approximate surface area is 148 Å². The van der Waals surface area contributed by atoms with Gasteiger partial charge in [-0.3, -0.25) is 0 Å². The molecule has 0 radical (unpaired) electrons. The molecule has 1 aromatic rings. The van der Waals surface area contributed by atoms with Crippen LogP contribution in [0.5, 0.6) is 0 Å². The number of nitrogens with one attached hydrogen (secondary N) is 1. The first kappa shape index (κ1) is 16.2. The molecule has 1 saturated carbocycles. The fourth-order valence-corrected chi connectivity index (χ4v) is 5.43. The van der Waals surface area contributed by atoms with Crippen molar-refractivity contribution in [2.24, 2.45) is 5.41 Å². The summed E-state index contributed by atoms with van der Waals surface area (Å²) < 4.78 is 0. The number of urea groups is 1. The topological polar surface area (TPSA) is 48.5 Å². The van der Waals surface area contributed by atoms with Gasteiger partial charge in [0.15, 0.2) is 5.13 Å². The molecule has 6 heteroatoms. The summed E-state index contributed by atoms with van der Waals surface area (Å²) in [5, 5.41) is 6.39. The predicted molar refractivity (Wildman–Crippen MR) is 97.8 cm³/mol. The Balaban J connectivity index is 1.22. The molecular formula is C18H28N4OS. The van der Waals surface area contributed by atoms with Crippen LogP contribution in [0.25, 0.3) is 0 Å². The molecule has 2 amide bonds. The summed E-state index contributed by atoms with van der Waals surface area (Å²) >= 11 is 1.74. The van der Waals surface area contributed by atoms with E-state index in [4.69, 9.17) is 4.98 Å². The zero-order valence-electron chi connectivity index (χ0n) is 14.4. The lowest BCUT2D eigenvalue weighted by atomic mass is 9.86. The van der Waals surface area contributed by atoms with Gasteiger partial charge in [0.25, 0.3) is 0 Å². The molecule has 0 atom stereocenters. The predicted octanol–water partition coefficient (Wildman–Crippen LogP) is 3.26. The van der Waals surface area contributed by atoms with Gasteiger partial charge in [0.1, 0.15) is 0 Å². The maximum Gasteiger partial charge on any atom is 0.317 e. The van der Waals surface area contributed by atoms with Crippen LogP contribution >= 0.6 is 11.3 Å². The number of thiazole rings is 1. The number of anilines is 1. The number of rotatable bonds is 4. The molecule has 0 bridgehead atoms. The smallest absolute Gasteiger partial charge is 0.317 e. The van der Waals surface area contributed by atoms with Crippen LogP contribution in [0.15, 0.2) is 5.38 Å². The first-order valence-corrected chi connectivity index (χ1v) is 10.3. The van der Waals surface area contributed by atoms with Crippen LogP contribution in [0.3, 0.4) is 0 Å². The third-order valence-corrected chi connectivity index (χ3v) is 6.91. The molecule has 1 aromatic heterocycles. The summed E-state index contributed by atoms with van der Waals surface area (Å²) in [6.45, 7) is 4.86. The van der Waals surface area contributed by atoms with Gasteiger partial charge in [-0.05, 0) is 37.5 Å². The Morgan fingerprint density at radius 2 is 1.96 bits per heavy atom. The SMILES string of the molecule is O=C(NCCc1csc(N2CCCC2)n1)N1CCC2(CCCC2)C1. The van der Waals surface area contributed by atoms with Crippen LogP contribution in [0.1, 0.15) is 50.6 Å². The van der Waals surface area contributed by atoms with Gasteiger partial charge in [-0.1, -0.05) is 12.8 Å². The largest absolute Gasteiger partial charge is 0.348 e. The zero-order chi connectivity index (χ0) is 16.4. The molecule has 3 aliphatic rings. The Morgan fingerprint density at radius 1 is 1.17 bits per heavy atom. The molecule has 4 rings (SSSR count). The van der Waals surface area contributed by atoms with E-state index in [1.165, 1.54) is 44.9 Å². The van der Waals surface area contributed by atoms with E-state index in [2.05, 4.69) is 15.6 Å². The average molecular weight is 349 g/mol. The van der Waals surface area contributed by atoms with E-state index in [-0.39, 0.29) is 6.03 Å². The van der Waals surface area contributed by atoms with Crippen molar-refractivity contribution >= 4 is 22.5 Å². The normalized spacial score (nSPS) is 22.7. The number of aromatic nitrogens is 1. The lowest BCUT2D eigenvalue weighted by Crippen LogP contribution is -2.40. The lowest BCUT2D eigenvalue weighted by molar-refractivity contribution is 0.200. The molecule has 3 fully saturated rings. The third-order valence-electron chi connectivity index (χ3n) is 5.96. The number of amides is 2. The molecule has 0 unspecified atom stereocenters. The maximum atomic E-state index is 12.4. The zero-order valence-corrected chi connectivity index (χ0v) is 15.2. The quantitative estimate of drug-likeness (QED) is 0.908. The minimum Gasteiger partial charge on any atom is -0.348 e. The molecule has 5 nitrogen and oxygen atoms in total. The Bertz CT molecular complexity index is 575. The summed E-state index contributed by atoms with van der Waals surface area (Å²) in [7, 11) is 0. The van der Waals surface area contributed by atoms with Crippen LogP contribution in [0.2, 0.25) is 0 Å². The second-order valence-corrected chi connectivity index (χ2v) is 8.51. The Morgan fingerprint density at radius 3 is 2.75 bits per heavy atom. The van der Waals surface area contributed by atoms with Crippen LogP contribution in [-0.2, 0) is 6.42 Å². The number of hydrogen-bond acceptors (Lipinski definition) is 4. The molecule has 1 aliphatic carbocycles. The van der Waals surface area contributed by atoms with Crippen LogP contribution in [0.4, 0.5) is 9.93 Å². The van der Waals surface area contributed by atoms with E-state index >= 15 is 0 Å². The van der Waals surface area contributed by atoms with E-state index < -0.39 is 0 Å². The number of hydrogen-bond donors (Lipinski definition) is 1. The molecule has 2 aliphatic heterocycles. The molecule has 0 aromatic carbocycles. The monoisotopic (exact) mass is 348 g/mol. The lowest BCUT2D eigenvalue weighted by Gasteiger charge is -2.23. The van der Waals surface area contributed by atoms with Gasteiger partial charge < -0.3 is 15.1 Å². The highest BCUT2D eigenvalue weighted by Crippen LogP contribution is 2.45. The van der Waals surface area contributed by atoms with Crippen molar-refractivity contribution in [3.05, 3.63) is 11.1 Å². The van der Waals surface area contributed by atoms with Gasteiger partial charge in [0, 0.05) is 44.5 Å². The maximum absolute atomic E-state index is 12.4. The van der Waals surface area contributed by atoms with Gasteiger partial charge in [0.05, 0.1) is 5.69 Å². The van der Waals surface area contributed by atoms with E-state index in [0.29, 0.717) is 12.0 Å². The van der Waals surface area contributed by atoms with Crippen LogP contribution in [0, 0.1) is 5.41 Å². The second kappa shape index (κ2) is 6.90.